The van der Waals surface area contributed by atoms with Crippen molar-refractivity contribution < 1.29 is 28.3 Å². The summed E-state index contributed by atoms with van der Waals surface area (Å²) in [5.74, 6) is -2.94. The van der Waals surface area contributed by atoms with E-state index in [2.05, 4.69) is 4.84 Å². The molecule has 1 fully saturated rings. The molecule has 6 nitrogen and oxygen atoms in total. The van der Waals surface area contributed by atoms with E-state index in [0.29, 0.717) is 5.06 Å². The van der Waals surface area contributed by atoms with Crippen molar-refractivity contribution in [2.45, 2.75) is 12.8 Å². The Hall–Kier alpha value is -2.44. The average molecular weight is 267 g/mol. The van der Waals surface area contributed by atoms with Gasteiger partial charge in [-0.15, -0.1) is 5.06 Å². The molecule has 1 saturated heterocycles. The number of rotatable bonds is 3. The van der Waals surface area contributed by atoms with Crippen LogP contribution in [-0.2, 0) is 14.4 Å². The second-order valence-electron chi connectivity index (χ2n) is 3.81. The van der Waals surface area contributed by atoms with Gasteiger partial charge in [-0.1, -0.05) is 0 Å². The minimum Gasteiger partial charge on any atom is -0.497 e. The summed E-state index contributed by atoms with van der Waals surface area (Å²) in [6.07, 6.45) is -0.0422. The van der Waals surface area contributed by atoms with Crippen LogP contribution >= 0.6 is 0 Å². The van der Waals surface area contributed by atoms with E-state index < -0.39 is 29.2 Å². The number of hydroxylamine groups is 2. The van der Waals surface area contributed by atoms with E-state index in [0.717, 1.165) is 12.1 Å². The Bertz CT molecular complexity index is 541. The van der Waals surface area contributed by atoms with Crippen molar-refractivity contribution in [1.29, 1.82) is 0 Å². The van der Waals surface area contributed by atoms with Gasteiger partial charge in [0.05, 0.1) is 7.11 Å². The molecule has 1 aliphatic rings. The summed E-state index contributed by atoms with van der Waals surface area (Å²) < 4.78 is 18.3. The number of methoxy groups -OCH3 is 1. The van der Waals surface area contributed by atoms with Gasteiger partial charge in [0.15, 0.2) is 0 Å². The SMILES string of the molecule is COc1ccc(F)c(C(=O)ON2C(=O)CCC2=O)c1. The van der Waals surface area contributed by atoms with Gasteiger partial charge in [-0.3, -0.25) is 9.59 Å². The quantitative estimate of drug-likeness (QED) is 0.765. The van der Waals surface area contributed by atoms with Crippen molar-refractivity contribution >= 4 is 17.8 Å². The van der Waals surface area contributed by atoms with Gasteiger partial charge in [0, 0.05) is 12.8 Å². The molecule has 1 aromatic carbocycles. The monoisotopic (exact) mass is 267 g/mol. The first-order valence-corrected chi connectivity index (χ1v) is 5.44. The molecule has 0 aromatic heterocycles. The van der Waals surface area contributed by atoms with E-state index in [1.54, 1.807) is 0 Å². The molecule has 100 valence electrons. The highest BCUT2D eigenvalue weighted by Gasteiger charge is 2.33. The van der Waals surface area contributed by atoms with Crippen molar-refractivity contribution in [2.75, 3.05) is 7.11 Å². The maximum Gasteiger partial charge on any atom is 0.367 e. The Kier molecular flexibility index (Phi) is 3.46. The molecule has 0 bridgehead atoms. The third kappa shape index (κ3) is 2.54. The largest absolute Gasteiger partial charge is 0.497 e. The fourth-order valence-corrected chi connectivity index (χ4v) is 1.58. The van der Waals surface area contributed by atoms with Gasteiger partial charge in [0.1, 0.15) is 17.1 Å². The highest BCUT2D eigenvalue weighted by Crippen LogP contribution is 2.19. The number of imide groups is 1. The summed E-state index contributed by atoms with van der Waals surface area (Å²) >= 11 is 0. The molecule has 2 amide bonds. The van der Waals surface area contributed by atoms with Gasteiger partial charge in [0.25, 0.3) is 11.8 Å². The lowest BCUT2D eigenvalue weighted by molar-refractivity contribution is -0.172. The molecular weight excluding hydrogens is 257 g/mol. The van der Waals surface area contributed by atoms with Crippen LogP contribution in [-0.4, -0.2) is 30.0 Å². The van der Waals surface area contributed by atoms with Crippen LogP contribution in [0.25, 0.3) is 0 Å². The zero-order valence-corrected chi connectivity index (χ0v) is 10.0. The zero-order valence-electron chi connectivity index (χ0n) is 10.0. The highest BCUT2D eigenvalue weighted by molar-refractivity contribution is 6.02. The number of hydrogen-bond acceptors (Lipinski definition) is 5. The average Bonchev–Trinajstić information content (AvgIpc) is 2.71. The molecule has 1 aliphatic heterocycles. The standard InChI is InChI=1S/C12H10FNO5/c1-18-7-2-3-9(13)8(6-7)12(17)19-14-10(15)4-5-11(14)16/h2-3,6H,4-5H2,1H3. The van der Waals surface area contributed by atoms with Gasteiger partial charge in [-0.05, 0) is 18.2 Å². The third-order valence-electron chi connectivity index (χ3n) is 2.57. The van der Waals surface area contributed by atoms with Crippen molar-refractivity contribution in [3.8, 4) is 5.75 Å². The van der Waals surface area contributed by atoms with Crippen LogP contribution in [0.1, 0.15) is 23.2 Å². The highest BCUT2D eigenvalue weighted by atomic mass is 19.1. The maximum atomic E-state index is 13.5. The minimum absolute atomic E-state index is 0.0211. The molecular formula is C12H10FNO5. The molecule has 0 aliphatic carbocycles. The smallest absolute Gasteiger partial charge is 0.367 e. The summed E-state index contributed by atoms with van der Waals surface area (Å²) in [4.78, 5) is 38.9. The molecule has 19 heavy (non-hydrogen) atoms. The number of benzene rings is 1. The summed E-state index contributed by atoms with van der Waals surface area (Å²) in [5.41, 5.74) is -0.410. The van der Waals surface area contributed by atoms with E-state index in [4.69, 9.17) is 4.74 Å². The predicted molar refractivity (Wildman–Crippen MR) is 59.5 cm³/mol. The van der Waals surface area contributed by atoms with Crippen molar-refractivity contribution in [3.63, 3.8) is 0 Å². The fourth-order valence-electron chi connectivity index (χ4n) is 1.58. The number of halogens is 1. The molecule has 1 aromatic rings. The van der Waals surface area contributed by atoms with Gasteiger partial charge in [-0.2, -0.15) is 0 Å². The molecule has 0 radical (unpaired) electrons. The molecule has 2 rings (SSSR count). The third-order valence-corrected chi connectivity index (χ3v) is 2.57. The number of nitrogens with zero attached hydrogens (tertiary/aromatic N) is 1. The van der Waals surface area contributed by atoms with Crippen LogP contribution in [0.4, 0.5) is 4.39 Å². The maximum absolute atomic E-state index is 13.5. The molecule has 7 heteroatoms. The lowest BCUT2D eigenvalue weighted by atomic mass is 10.2. The summed E-state index contributed by atoms with van der Waals surface area (Å²) in [7, 11) is 1.36. The first-order valence-electron chi connectivity index (χ1n) is 5.44. The number of hydrogen-bond donors (Lipinski definition) is 0. The molecule has 0 N–H and O–H groups in total. The lowest BCUT2D eigenvalue weighted by Gasteiger charge is -2.13. The predicted octanol–water partition coefficient (Wildman–Crippen LogP) is 1.06. The summed E-state index contributed by atoms with van der Waals surface area (Å²) in [5, 5.41) is 0.362. The second kappa shape index (κ2) is 5.05. The number of carbonyl (C=O) groups is 3. The van der Waals surface area contributed by atoms with E-state index >= 15 is 0 Å². The Morgan fingerprint density at radius 2 is 1.89 bits per heavy atom. The number of amides is 2. The Morgan fingerprint density at radius 1 is 1.26 bits per heavy atom. The number of carbonyl (C=O) groups excluding carboxylic acids is 3. The Labute approximate surface area is 107 Å². The van der Waals surface area contributed by atoms with Crippen molar-refractivity contribution in [2.24, 2.45) is 0 Å². The molecule has 1 heterocycles. The van der Waals surface area contributed by atoms with Crippen LogP contribution in [0, 0.1) is 5.82 Å². The fraction of sp³-hybridized carbons (Fsp3) is 0.250. The lowest BCUT2D eigenvalue weighted by Crippen LogP contribution is -2.32. The van der Waals surface area contributed by atoms with Gasteiger partial charge in [0.2, 0.25) is 0 Å². The van der Waals surface area contributed by atoms with E-state index in [1.165, 1.54) is 13.2 Å². The topological polar surface area (TPSA) is 72.9 Å². The molecule has 0 atom stereocenters. The van der Waals surface area contributed by atoms with Gasteiger partial charge >= 0.3 is 5.97 Å². The first kappa shape index (κ1) is 13.0. The van der Waals surface area contributed by atoms with Crippen LogP contribution in [0.3, 0.4) is 0 Å². The summed E-state index contributed by atoms with van der Waals surface area (Å²) in [6, 6.07) is 3.49. The van der Waals surface area contributed by atoms with Gasteiger partial charge < -0.3 is 9.57 Å². The van der Waals surface area contributed by atoms with Crippen molar-refractivity contribution in [1.82, 2.24) is 5.06 Å². The van der Waals surface area contributed by atoms with E-state index in [1.807, 2.05) is 0 Å². The first-order chi connectivity index (χ1) is 9.02. The normalized spacial score (nSPS) is 14.7. The zero-order chi connectivity index (χ0) is 14.0. The summed E-state index contributed by atoms with van der Waals surface area (Å²) in [6.45, 7) is 0. The molecule has 0 saturated carbocycles. The Morgan fingerprint density at radius 3 is 2.47 bits per heavy atom. The minimum atomic E-state index is -1.13. The van der Waals surface area contributed by atoms with Crippen LogP contribution < -0.4 is 4.74 Å². The molecule has 0 unspecified atom stereocenters. The Balaban J connectivity index is 2.20. The van der Waals surface area contributed by atoms with E-state index in [-0.39, 0.29) is 18.6 Å². The van der Waals surface area contributed by atoms with E-state index in [9.17, 15) is 18.8 Å². The van der Waals surface area contributed by atoms with Crippen LogP contribution in [0.15, 0.2) is 18.2 Å². The van der Waals surface area contributed by atoms with Crippen LogP contribution in [0.2, 0.25) is 0 Å². The van der Waals surface area contributed by atoms with Crippen LogP contribution in [0.5, 0.6) is 5.75 Å². The van der Waals surface area contributed by atoms with Gasteiger partial charge in [-0.25, -0.2) is 9.18 Å². The second-order valence-corrected chi connectivity index (χ2v) is 3.81. The van der Waals surface area contributed by atoms with Crippen molar-refractivity contribution in [3.05, 3.63) is 29.6 Å². The molecule has 0 spiro atoms. The number of ether oxygens (including phenoxy) is 1.